The third-order valence-corrected chi connectivity index (χ3v) is 6.20. The van der Waals surface area contributed by atoms with Gasteiger partial charge in [0.05, 0.1) is 37.6 Å². The molecule has 0 aromatic rings. The Morgan fingerprint density at radius 2 is 1.15 bits per heavy atom. The van der Waals surface area contributed by atoms with Crippen molar-refractivity contribution in [1.82, 2.24) is 0 Å². The Labute approximate surface area is 154 Å². The molecule has 2 saturated carbocycles. The first-order chi connectivity index (χ1) is 12.7. The topological polar surface area (TPSA) is 77.7 Å². The minimum Gasteiger partial charge on any atom is -0.465 e. The second-order valence-corrected chi connectivity index (χ2v) is 8.36. The van der Waals surface area contributed by atoms with Crippen LogP contribution in [-0.4, -0.2) is 49.6 Å². The zero-order valence-corrected chi connectivity index (χ0v) is 15.4. The van der Waals surface area contributed by atoms with E-state index in [0.29, 0.717) is 75.1 Å². The maximum absolute atomic E-state index is 11.8. The Bertz CT molecular complexity index is 474. The molecule has 0 aromatic carbocycles. The Kier molecular flexibility index (Phi) is 5.79. The van der Waals surface area contributed by atoms with Crippen LogP contribution in [0.5, 0.6) is 0 Å². The average molecular weight is 366 g/mol. The lowest BCUT2D eigenvalue weighted by Gasteiger charge is -2.18. The summed E-state index contributed by atoms with van der Waals surface area (Å²) in [4.78, 5) is 23.6. The summed E-state index contributed by atoms with van der Waals surface area (Å²) >= 11 is 0. The Morgan fingerprint density at radius 1 is 0.692 bits per heavy atom. The minimum absolute atomic E-state index is 0.154. The van der Waals surface area contributed by atoms with Crippen LogP contribution in [0.25, 0.3) is 0 Å². The van der Waals surface area contributed by atoms with Crippen LogP contribution in [0.1, 0.15) is 64.2 Å². The quantitative estimate of drug-likeness (QED) is 0.355. The summed E-state index contributed by atoms with van der Waals surface area (Å²) in [5.74, 6) is 0.597. The van der Waals surface area contributed by atoms with E-state index in [-0.39, 0.29) is 11.9 Å². The molecular weight excluding hydrogens is 336 g/mol. The summed E-state index contributed by atoms with van der Waals surface area (Å²) < 4.78 is 21.7. The highest BCUT2D eigenvalue weighted by Crippen LogP contribution is 2.40. The van der Waals surface area contributed by atoms with Crippen molar-refractivity contribution in [3.05, 3.63) is 0 Å². The van der Waals surface area contributed by atoms with Crippen molar-refractivity contribution in [2.75, 3.05) is 13.2 Å². The van der Waals surface area contributed by atoms with E-state index in [9.17, 15) is 9.59 Å². The Hall–Kier alpha value is -1.14. The molecule has 6 heteroatoms. The first kappa shape index (κ1) is 18.2. The largest absolute Gasteiger partial charge is 0.465 e. The molecule has 2 aliphatic heterocycles. The van der Waals surface area contributed by atoms with Crippen LogP contribution in [0.2, 0.25) is 0 Å². The van der Waals surface area contributed by atoms with Gasteiger partial charge in [0.1, 0.15) is 0 Å². The molecule has 0 unspecified atom stereocenters. The lowest BCUT2D eigenvalue weighted by atomic mass is 9.90. The zero-order chi connectivity index (χ0) is 17.9. The number of esters is 2. The molecule has 6 nitrogen and oxygen atoms in total. The van der Waals surface area contributed by atoms with Gasteiger partial charge in [0, 0.05) is 12.8 Å². The van der Waals surface area contributed by atoms with Gasteiger partial charge < -0.3 is 18.9 Å². The Morgan fingerprint density at radius 3 is 1.58 bits per heavy atom. The summed E-state index contributed by atoms with van der Waals surface area (Å²) in [5, 5.41) is 0. The smallest absolute Gasteiger partial charge is 0.305 e. The molecule has 4 aliphatic rings. The average Bonchev–Trinajstić information content (AvgIpc) is 3.55. The van der Waals surface area contributed by atoms with Crippen molar-refractivity contribution in [2.24, 2.45) is 11.8 Å². The van der Waals surface area contributed by atoms with Gasteiger partial charge in [-0.15, -0.1) is 0 Å². The monoisotopic (exact) mass is 366 g/mol. The van der Waals surface area contributed by atoms with Gasteiger partial charge in [0.25, 0.3) is 0 Å². The van der Waals surface area contributed by atoms with Crippen LogP contribution in [0.3, 0.4) is 0 Å². The number of ether oxygens (including phenoxy) is 4. The molecular formula is C20H30O6. The highest BCUT2D eigenvalue weighted by molar-refractivity contribution is 5.70. The molecule has 6 atom stereocenters. The number of rotatable bonds is 9. The lowest BCUT2D eigenvalue weighted by molar-refractivity contribution is -0.147. The molecule has 0 spiro atoms. The maximum atomic E-state index is 11.8. The number of hydrogen-bond donors (Lipinski definition) is 0. The summed E-state index contributed by atoms with van der Waals surface area (Å²) in [6.45, 7) is 1.03. The van der Waals surface area contributed by atoms with Crippen molar-refractivity contribution in [3.8, 4) is 0 Å². The molecule has 146 valence electrons. The van der Waals surface area contributed by atoms with Crippen molar-refractivity contribution >= 4 is 11.9 Å². The van der Waals surface area contributed by atoms with Crippen LogP contribution < -0.4 is 0 Å². The normalized spacial score (nSPS) is 37.2. The van der Waals surface area contributed by atoms with E-state index < -0.39 is 0 Å². The Balaban J connectivity index is 0.992. The number of hydrogen-bond acceptors (Lipinski definition) is 6. The van der Waals surface area contributed by atoms with E-state index in [4.69, 9.17) is 18.9 Å². The summed E-state index contributed by atoms with van der Waals surface area (Å²) in [6, 6.07) is 0. The van der Waals surface area contributed by atoms with Crippen LogP contribution >= 0.6 is 0 Å². The van der Waals surface area contributed by atoms with E-state index in [2.05, 4.69) is 0 Å². The van der Waals surface area contributed by atoms with Gasteiger partial charge in [-0.3, -0.25) is 9.59 Å². The molecule has 2 heterocycles. The lowest BCUT2D eigenvalue weighted by Crippen LogP contribution is -2.20. The second-order valence-electron chi connectivity index (χ2n) is 8.36. The van der Waals surface area contributed by atoms with Crippen LogP contribution in [-0.2, 0) is 28.5 Å². The predicted octanol–water partition coefficient (Wildman–Crippen LogP) is 2.77. The molecule has 2 aliphatic carbocycles. The second kappa shape index (κ2) is 8.26. The fourth-order valence-corrected chi connectivity index (χ4v) is 4.38. The van der Waals surface area contributed by atoms with Gasteiger partial charge in [0.15, 0.2) is 0 Å². The number of epoxide rings is 2. The molecule has 0 amide bonds. The summed E-state index contributed by atoms with van der Waals surface area (Å²) in [7, 11) is 0. The minimum atomic E-state index is -0.154. The van der Waals surface area contributed by atoms with Crippen LogP contribution in [0, 0.1) is 11.8 Å². The third kappa shape index (κ3) is 5.19. The molecule has 2 saturated heterocycles. The van der Waals surface area contributed by atoms with Gasteiger partial charge in [0.2, 0.25) is 0 Å². The van der Waals surface area contributed by atoms with Gasteiger partial charge in [-0.1, -0.05) is 0 Å². The van der Waals surface area contributed by atoms with Gasteiger partial charge in [-0.25, -0.2) is 0 Å². The molecule has 0 bridgehead atoms. The van der Waals surface area contributed by atoms with Gasteiger partial charge in [-0.05, 0) is 63.2 Å². The van der Waals surface area contributed by atoms with Crippen molar-refractivity contribution in [3.63, 3.8) is 0 Å². The molecule has 4 rings (SSSR count). The highest BCUT2D eigenvalue weighted by atomic mass is 16.6. The molecule has 0 radical (unpaired) electrons. The van der Waals surface area contributed by atoms with E-state index in [0.717, 1.165) is 38.5 Å². The highest BCUT2D eigenvalue weighted by Gasteiger charge is 2.44. The molecule has 0 aromatic heterocycles. The summed E-state index contributed by atoms with van der Waals surface area (Å²) in [5.41, 5.74) is 0. The molecule has 0 N–H and O–H groups in total. The predicted molar refractivity (Wildman–Crippen MR) is 92.4 cm³/mol. The fraction of sp³-hybridized carbons (Fsp3) is 0.900. The number of fused-ring (bicyclic) bond motifs is 2. The third-order valence-electron chi connectivity index (χ3n) is 6.20. The zero-order valence-electron chi connectivity index (χ0n) is 15.4. The molecule has 26 heavy (non-hydrogen) atoms. The standard InChI is InChI=1S/C20H30O6/c21-19(23-11-13-5-7-15-17(9-13)25-15)3-1-2-4-20(22)24-12-14-6-8-16-18(10-14)26-16/h13-18H,1-12H2/t13-,14+,15-,16-,17+,18+/m0/s1. The van der Waals surface area contributed by atoms with E-state index in [1.54, 1.807) is 0 Å². The van der Waals surface area contributed by atoms with Crippen LogP contribution in [0.15, 0.2) is 0 Å². The van der Waals surface area contributed by atoms with E-state index in [1.807, 2.05) is 0 Å². The number of carbonyl (C=O) groups excluding carboxylic acids is 2. The van der Waals surface area contributed by atoms with Gasteiger partial charge in [-0.2, -0.15) is 0 Å². The summed E-state index contributed by atoms with van der Waals surface area (Å²) in [6.07, 6.45) is 10.4. The maximum Gasteiger partial charge on any atom is 0.305 e. The first-order valence-electron chi connectivity index (χ1n) is 10.3. The fourth-order valence-electron chi connectivity index (χ4n) is 4.38. The van der Waals surface area contributed by atoms with Crippen molar-refractivity contribution in [2.45, 2.75) is 88.6 Å². The van der Waals surface area contributed by atoms with E-state index >= 15 is 0 Å². The SMILES string of the molecule is O=C(CCCCC(=O)OC[C@@H]1CC[C@@H]2O[C@@H]2C1)OC[C@H]1CC[C@@H]2O[C@@H]2C1. The molecule has 4 fully saturated rings. The van der Waals surface area contributed by atoms with E-state index in [1.165, 1.54) is 0 Å². The number of unbranched alkanes of at least 4 members (excludes halogenated alkanes) is 1. The number of carbonyl (C=O) groups is 2. The van der Waals surface area contributed by atoms with Crippen LogP contribution in [0.4, 0.5) is 0 Å². The van der Waals surface area contributed by atoms with Gasteiger partial charge >= 0.3 is 11.9 Å². The van der Waals surface area contributed by atoms with Crippen molar-refractivity contribution in [1.29, 1.82) is 0 Å². The first-order valence-corrected chi connectivity index (χ1v) is 10.3. The van der Waals surface area contributed by atoms with Crippen molar-refractivity contribution < 1.29 is 28.5 Å².